The second-order valence-electron chi connectivity index (χ2n) is 8.64. The van der Waals surface area contributed by atoms with Crippen LogP contribution in [0.2, 0.25) is 0 Å². The van der Waals surface area contributed by atoms with Crippen LogP contribution in [0.25, 0.3) is 11.0 Å². The van der Waals surface area contributed by atoms with Crippen LogP contribution in [0, 0.1) is 0 Å². The molecule has 2 aromatic carbocycles. The highest BCUT2D eigenvalue weighted by atomic mass is 32.1. The molecule has 0 saturated carbocycles. The molecule has 1 aliphatic heterocycles. The van der Waals surface area contributed by atoms with Gasteiger partial charge in [-0.3, -0.25) is 14.7 Å². The van der Waals surface area contributed by atoms with E-state index in [-0.39, 0.29) is 12.0 Å². The number of rotatable bonds is 8. The second-order valence-corrected chi connectivity index (χ2v) is 9.17. The average molecular weight is 490 g/mol. The van der Waals surface area contributed by atoms with Crippen LogP contribution in [0.1, 0.15) is 16.8 Å². The van der Waals surface area contributed by atoms with Crippen molar-refractivity contribution in [1.29, 1.82) is 0 Å². The highest BCUT2D eigenvalue weighted by Gasteiger charge is 2.29. The number of carbonyl (C=O) groups is 1. The van der Waals surface area contributed by atoms with Crippen molar-refractivity contribution in [2.45, 2.75) is 25.8 Å². The first kappa shape index (κ1) is 23.3. The van der Waals surface area contributed by atoms with Crippen LogP contribution in [-0.2, 0) is 29.2 Å². The number of benzene rings is 2. The zero-order valence-corrected chi connectivity index (χ0v) is 20.4. The summed E-state index contributed by atoms with van der Waals surface area (Å²) in [6.07, 6.45) is 1.60. The van der Waals surface area contributed by atoms with Gasteiger partial charge in [-0.05, 0) is 47.5 Å². The largest absolute Gasteiger partial charge is 0.497 e. The number of hydrogen-bond acceptors (Lipinski definition) is 8. The van der Waals surface area contributed by atoms with Gasteiger partial charge in [0.05, 0.1) is 50.3 Å². The van der Waals surface area contributed by atoms with Gasteiger partial charge in [0.15, 0.2) is 0 Å². The van der Waals surface area contributed by atoms with Crippen LogP contribution in [-0.4, -0.2) is 62.3 Å². The monoisotopic (exact) mass is 489 g/mol. The molecule has 3 heterocycles. The molecule has 5 rings (SSSR count). The summed E-state index contributed by atoms with van der Waals surface area (Å²) >= 11 is 1.21. The lowest BCUT2D eigenvalue weighted by atomic mass is 10.2. The molecule has 9 heteroatoms. The molecule has 0 unspecified atom stereocenters. The van der Waals surface area contributed by atoms with E-state index < -0.39 is 0 Å². The van der Waals surface area contributed by atoms with Crippen molar-refractivity contribution in [2.24, 2.45) is 0 Å². The van der Waals surface area contributed by atoms with Crippen LogP contribution in [0.5, 0.6) is 5.75 Å². The molecule has 1 aliphatic rings. The van der Waals surface area contributed by atoms with Crippen LogP contribution >= 0.6 is 11.7 Å². The maximum atomic E-state index is 13.3. The third-order valence-electron chi connectivity index (χ3n) is 6.02. The molecule has 8 nitrogen and oxygen atoms in total. The molecule has 180 valence electrons. The molecule has 0 N–H and O–H groups in total. The van der Waals surface area contributed by atoms with E-state index in [1.165, 1.54) is 11.7 Å². The summed E-state index contributed by atoms with van der Waals surface area (Å²) in [5, 5.41) is 0. The van der Waals surface area contributed by atoms with Gasteiger partial charge in [-0.25, -0.2) is 0 Å². The minimum atomic E-state index is -0.152. The fourth-order valence-corrected chi connectivity index (χ4v) is 4.79. The number of hydrogen-bond donors (Lipinski definition) is 0. The SMILES string of the molecule is COc1cccc(CO[C@@H]2CN(Cc3ccc4nsnc4c3)CC(=O)N(Cc3ccccn3)C2)c1. The Hall–Kier alpha value is -3.40. The van der Waals surface area contributed by atoms with E-state index in [0.717, 1.165) is 33.6 Å². The Bertz CT molecular complexity index is 1280. The fourth-order valence-electron chi connectivity index (χ4n) is 4.28. The van der Waals surface area contributed by atoms with E-state index in [9.17, 15) is 4.79 Å². The van der Waals surface area contributed by atoms with E-state index in [0.29, 0.717) is 39.3 Å². The minimum absolute atomic E-state index is 0.0690. The molecule has 0 bridgehead atoms. The predicted octanol–water partition coefficient (Wildman–Crippen LogP) is 3.52. The first-order valence-corrected chi connectivity index (χ1v) is 12.2. The Balaban J connectivity index is 1.33. The standard InChI is InChI=1S/C26H27N5O3S/c1-33-22-7-4-5-20(11-22)18-34-23-15-30(13-19-8-9-24-25(12-19)29-35-28-24)17-26(32)31(16-23)14-21-6-2-3-10-27-21/h2-12,23H,13-18H2,1H3/t23-/m1/s1. The van der Waals surface area contributed by atoms with Crippen molar-refractivity contribution < 1.29 is 14.3 Å². The first-order chi connectivity index (χ1) is 17.2. The molecule has 0 spiro atoms. The smallest absolute Gasteiger partial charge is 0.237 e. The van der Waals surface area contributed by atoms with Crippen molar-refractivity contribution in [1.82, 2.24) is 23.5 Å². The van der Waals surface area contributed by atoms with E-state index >= 15 is 0 Å². The Morgan fingerprint density at radius 3 is 2.74 bits per heavy atom. The lowest BCUT2D eigenvalue weighted by Crippen LogP contribution is -2.37. The quantitative estimate of drug-likeness (QED) is 0.375. The lowest BCUT2D eigenvalue weighted by Gasteiger charge is -2.25. The van der Waals surface area contributed by atoms with Crippen molar-refractivity contribution in [3.8, 4) is 5.75 Å². The van der Waals surface area contributed by atoms with Gasteiger partial charge in [0, 0.05) is 25.8 Å². The minimum Gasteiger partial charge on any atom is -0.497 e. The third kappa shape index (κ3) is 6.00. The molecule has 1 atom stereocenters. The zero-order chi connectivity index (χ0) is 24.0. The number of carbonyl (C=O) groups excluding carboxylic acids is 1. The summed E-state index contributed by atoms with van der Waals surface area (Å²) in [4.78, 5) is 21.7. The topological polar surface area (TPSA) is 80.7 Å². The molecule has 2 aromatic heterocycles. The van der Waals surface area contributed by atoms with E-state index in [4.69, 9.17) is 9.47 Å². The number of nitrogens with zero attached hydrogens (tertiary/aromatic N) is 5. The predicted molar refractivity (Wildman–Crippen MR) is 134 cm³/mol. The van der Waals surface area contributed by atoms with Crippen LogP contribution in [0.4, 0.5) is 0 Å². The molecule has 1 saturated heterocycles. The number of fused-ring (bicyclic) bond motifs is 1. The Morgan fingerprint density at radius 2 is 1.89 bits per heavy atom. The van der Waals surface area contributed by atoms with Gasteiger partial charge in [-0.15, -0.1) is 0 Å². The van der Waals surface area contributed by atoms with Gasteiger partial charge in [-0.1, -0.05) is 24.3 Å². The number of pyridine rings is 1. The summed E-state index contributed by atoms with van der Waals surface area (Å²) in [6.45, 7) is 3.00. The van der Waals surface area contributed by atoms with Crippen molar-refractivity contribution in [2.75, 3.05) is 26.7 Å². The summed E-state index contributed by atoms with van der Waals surface area (Å²) in [5.41, 5.74) is 4.78. The average Bonchev–Trinajstić information content (AvgIpc) is 3.29. The van der Waals surface area contributed by atoms with Crippen molar-refractivity contribution in [3.63, 3.8) is 0 Å². The normalized spacial score (nSPS) is 17.0. The molecule has 1 fully saturated rings. The Morgan fingerprint density at radius 1 is 0.971 bits per heavy atom. The zero-order valence-electron chi connectivity index (χ0n) is 19.5. The third-order valence-corrected chi connectivity index (χ3v) is 6.58. The van der Waals surface area contributed by atoms with Crippen molar-refractivity contribution in [3.05, 3.63) is 83.7 Å². The highest BCUT2D eigenvalue weighted by Crippen LogP contribution is 2.19. The van der Waals surface area contributed by atoms with E-state index in [1.807, 2.05) is 59.5 Å². The molecule has 35 heavy (non-hydrogen) atoms. The molecule has 0 radical (unpaired) electrons. The number of amides is 1. The highest BCUT2D eigenvalue weighted by molar-refractivity contribution is 7.00. The van der Waals surface area contributed by atoms with Crippen LogP contribution < -0.4 is 4.74 Å². The summed E-state index contributed by atoms with van der Waals surface area (Å²) < 4.78 is 20.3. The van der Waals surface area contributed by atoms with Gasteiger partial charge in [0.1, 0.15) is 16.8 Å². The molecular weight excluding hydrogens is 462 g/mol. The summed E-state index contributed by atoms with van der Waals surface area (Å²) in [5.74, 6) is 0.868. The van der Waals surface area contributed by atoms with Gasteiger partial charge in [-0.2, -0.15) is 8.75 Å². The maximum absolute atomic E-state index is 13.3. The molecular formula is C26H27N5O3S. The number of methoxy groups -OCH3 is 1. The second kappa shape index (κ2) is 10.9. The molecule has 4 aromatic rings. The summed E-state index contributed by atoms with van der Waals surface area (Å²) in [7, 11) is 1.66. The molecule has 0 aliphatic carbocycles. The van der Waals surface area contributed by atoms with Gasteiger partial charge >= 0.3 is 0 Å². The van der Waals surface area contributed by atoms with Crippen LogP contribution in [0.15, 0.2) is 66.9 Å². The number of aromatic nitrogens is 3. The Labute approximate surface area is 208 Å². The van der Waals surface area contributed by atoms with Gasteiger partial charge in [0.25, 0.3) is 0 Å². The van der Waals surface area contributed by atoms with Crippen molar-refractivity contribution >= 4 is 28.7 Å². The van der Waals surface area contributed by atoms with Gasteiger partial charge < -0.3 is 14.4 Å². The van der Waals surface area contributed by atoms with E-state index in [1.54, 1.807) is 13.3 Å². The van der Waals surface area contributed by atoms with Gasteiger partial charge in [0.2, 0.25) is 5.91 Å². The molecule has 1 amide bonds. The van der Waals surface area contributed by atoms with Crippen LogP contribution in [0.3, 0.4) is 0 Å². The Kier molecular flexibility index (Phi) is 7.27. The maximum Gasteiger partial charge on any atom is 0.237 e. The first-order valence-electron chi connectivity index (χ1n) is 11.5. The summed E-state index contributed by atoms with van der Waals surface area (Å²) in [6, 6.07) is 19.7. The fraction of sp³-hybridized carbons (Fsp3) is 0.308. The lowest BCUT2D eigenvalue weighted by molar-refractivity contribution is -0.132. The number of ether oxygens (including phenoxy) is 2. The van der Waals surface area contributed by atoms with E-state index in [2.05, 4.69) is 24.7 Å².